The number of hydrogen-bond acceptors (Lipinski definition) is 3. The summed E-state index contributed by atoms with van der Waals surface area (Å²) in [6.07, 6.45) is 4.80. The Kier molecular flexibility index (Phi) is 4.87. The summed E-state index contributed by atoms with van der Waals surface area (Å²) >= 11 is 0. The molecule has 0 radical (unpaired) electrons. The third kappa shape index (κ3) is 3.75. The molecule has 19 heavy (non-hydrogen) atoms. The maximum Gasteiger partial charge on any atom is 0.265 e. The molecule has 0 aromatic heterocycles. The normalized spacial score (nSPS) is 16.9. The van der Waals surface area contributed by atoms with Gasteiger partial charge in [0, 0.05) is 17.7 Å². The SMILES string of the molecule is NNC(=O)c1ccc(F)c(CN2CCCCCC2)c1. The monoisotopic (exact) mass is 265 g/mol. The number of carbonyl (C=O) groups is 1. The van der Waals surface area contributed by atoms with E-state index in [1.165, 1.54) is 25.0 Å². The zero-order valence-electron chi connectivity index (χ0n) is 11.0. The van der Waals surface area contributed by atoms with E-state index in [4.69, 9.17) is 5.84 Å². The zero-order chi connectivity index (χ0) is 13.7. The van der Waals surface area contributed by atoms with Crippen molar-refractivity contribution >= 4 is 5.91 Å². The summed E-state index contributed by atoms with van der Waals surface area (Å²) in [7, 11) is 0. The van der Waals surface area contributed by atoms with E-state index in [9.17, 15) is 9.18 Å². The van der Waals surface area contributed by atoms with Gasteiger partial charge in [-0.2, -0.15) is 0 Å². The number of hydrazine groups is 1. The predicted molar refractivity (Wildman–Crippen MR) is 71.8 cm³/mol. The van der Waals surface area contributed by atoms with Crippen LogP contribution in [0.4, 0.5) is 4.39 Å². The number of hydrogen-bond donors (Lipinski definition) is 2. The van der Waals surface area contributed by atoms with Gasteiger partial charge in [0.05, 0.1) is 0 Å². The van der Waals surface area contributed by atoms with E-state index in [2.05, 4.69) is 10.3 Å². The van der Waals surface area contributed by atoms with Crippen LogP contribution in [0.15, 0.2) is 18.2 Å². The Morgan fingerprint density at radius 3 is 2.58 bits per heavy atom. The summed E-state index contributed by atoms with van der Waals surface area (Å²) in [6.45, 7) is 2.54. The number of carbonyl (C=O) groups excluding carboxylic acids is 1. The molecule has 4 nitrogen and oxygen atoms in total. The van der Waals surface area contributed by atoms with Crippen molar-refractivity contribution in [1.29, 1.82) is 0 Å². The highest BCUT2D eigenvalue weighted by atomic mass is 19.1. The van der Waals surface area contributed by atoms with Gasteiger partial charge in [-0.25, -0.2) is 10.2 Å². The molecule has 1 fully saturated rings. The second-order valence-corrected chi connectivity index (χ2v) is 4.97. The van der Waals surface area contributed by atoms with Crippen LogP contribution in [0.5, 0.6) is 0 Å². The van der Waals surface area contributed by atoms with E-state index in [-0.39, 0.29) is 5.82 Å². The van der Waals surface area contributed by atoms with Gasteiger partial charge in [0.15, 0.2) is 0 Å². The highest BCUT2D eigenvalue weighted by molar-refractivity contribution is 5.93. The summed E-state index contributed by atoms with van der Waals surface area (Å²) in [4.78, 5) is 13.7. The average molecular weight is 265 g/mol. The number of benzene rings is 1. The van der Waals surface area contributed by atoms with Crippen molar-refractivity contribution in [3.8, 4) is 0 Å². The summed E-state index contributed by atoms with van der Waals surface area (Å²) < 4.78 is 13.8. The predicted octanol–water partition coefficient (Wildman–Crippen LogP) is 1.81. The first kappa shape index (κ1) is 14.0. The maximum absolute atomic E-state index is 13.8. The Bertz CT molecular complexity index is 442. The van der Waals surface area contributed by atoms with Gasteiger partial charge in [0.1, 0.15) is 5.82 Å². The number of nitrogens with one attached hydrogen (secondary N) is 1. The number of halogens is 1. The molecule has 1 saturated heterocycles. The highest BCUT2D eigenvalue weighted by Gasteiger charge is 2.14. The molecule has 0 bridgehead atoms. The molecule has 104 valence electrons. The van der Waals surface area contributed by atoms with Gasteiger partial charge in [-0.3, -0.25) is 15.1 Å². The molecule has 3 N–H and O–H groups in total. The number of nitrogens with zero attached hydrogens (tertiary/aromatic N) is 1. The van der Waals surface area contributed by atoms with E-state index < -0.39 is 5.91 Å². The summed E-state index contributed by atoms with van der Waals surface area (Å²) in [5.41, 5.74) is 3.02. The summed E-state index contributed by atoms with van der Waals surface area (Å²) in [5.74, 6) is 4.44. The van der Waals surface area contributed by atoms with Crippen LogP contribution < -0.4 is 11.3 Å². The van der Waals surface area contributed by atoms with Crippen LogP contribution in [0.1, 0.15) is 41.6 Å². The number of amides is 1. The van der Waals surface area contributed by atoms with Crippen LogP contribution in [-0.4, -0.2) is 23.9 Å². The third-order valence-corrected chi connectivity index (χ3v) is 3.53. The number of nitrogen functional groups attached to an aromatic ring is 1. The fourth-order valence-corrected chi connectivity index (χ4v) is 2.46. The van der Waals surface area contributed by atoms with Gasteiger partial charge in [0.2, 0.25) is 0 Å². The number of nitrogens with two attached hydrogens (primary N) is 1. The Hall–Kier alpha value is -1.46. The molecule has 0 aliphatic carbocycles. The van der Waals surface area contributed by atoms with Gasteiger partial charge in [-0.15, -0.1) is 0 Å². The first-order valence-corrected chi connectivity index (χ1v) is 6.72. The van der Waals surface area contributed by atoms with Crippen molar-refractivity contribution in [2.24, 2.45) is 5.84 Å². The first-order valence-electron chi connectivity index (χ1n) is 6.72. The molecule has 1 aromatic rings. The van der Waals surface area contributed by atoms with Gasteiger partial charge >= 0.3 is 0 Å². The van der Waals surface area contributed by atoms with Crippen LogP contribution in [-0.2, 0) is 6.54 Å². The fraction of sp³-hybridized carbons (Fsp3) is 0.500. The second kappa shape index (κ2) is 6.63. The molecule has 0 atom stereocenters. The van der Waals surface area contributed by atoms with Crippen molar-refractivity contribution in [3.05, 3.63) is 35.1 Å². The van der Waals surface area contributed by atoms with Crippen molar-refractivity contribution in [3.63, 3.8) is 0 Å². The summed E-state index contributed by atoms with van der Waals surface area (Å²) in [5, 5.41) is 0. The molecule has 1 aromatic carbocycles. The van der Waals surface area contributed by atoms with Crippen molar-refractivity contribution in [1.82, 2.24) is 10.3 Å². The van der Waals surface area contributed by atoms with Crippen LogP contribution in [0, 0.1) is 5.82 Å². The fourth-order valence-electron chi connectivity index (χ4n) is 2.46. The topological polar surface area (TPSA) is 58.4 Å². The number of rotatable bonds is 3. The molecule has 1 aliphatic rings. The van der Waals surface area contributed by atoms with Gasteiger partial charge in [-0.1, -0.05) is 12.8 Å². The van der Waals surface area contributed by atoms with Crippen LogP contribution in [0.2, 0.25) is 0 Å². The molecule has 0 saturated carbocycles. The molecule has 2 rings (SSSR count). The van der Waals surface area contributed by atoms with E-state index in [1.54, 1.807) is 6.07 Å². The van der Waals surface area contributed by atoms with Crippen molar-refractivity contribution < 1.29 is 9.18 Å². The van der Waals surface area contributed by atoms with Crippen LogP contribution in [0.25, 0.3) is 0 Å². The minimum Gasteiger partial charge on any atom is -0.299 e. The van der Waals surface area contributed by atoms with Crippen LogP contribution in [0.3, 0.4) is 0 Å². The molecular formula is C14H20FN3O. The lowest BCUT2D eigenvalue weighted by Gasteiger charge is -2.20. The Morgan fingerprint density at radius 2 is 1.95 bits per heavy atom. The average Bonchev–Trinajstić information content (AvgIpc) is 2.69. The van der Waals surface area contributed by atoms with Crippen LogP contribution >= 0.6 is 0 Å². The lowest BCUT2D eigenvalue weighted by molar-refractivity contribution is 0.0953. The molecule has 1 aliphatic heterocycles. The maximum atomic E-state index is 13.8. The molecule has 0 spiro atoms. The largest absolute Gasteiger partial charge is 0.299 e. The van der Waals surface area contributed by atoms with Gasteiger partial charge < -0.3 is 0 Å². The first-order chi connectivity index (χ1) is 9.20. The Labute approximate surface area is 112 Å². The third-order valence-electron chi connectivity index (χ3n) is 3.53. The lowest BCUT2D eigenvalue weighted by atomic mass is 10.1. The standard InChI is InChI=1S/C14H20FN3O/c15-13-6-5-11(14(19)17-16)9-12(13)10-18-7-3-1-2-4-8-18/h5-6,9H,1-4,7-8,10,16H2,(H,17,19). The van der Waals surface area contributed by atoms with Gasteiger partial charge in [0.25, 0.3) is 5.91 Å². The quantitative estimate of drug-likeness (QED) is 0.498. The molecule has 5 heteroatoms. The molecule has 1 heterocycles. The smallest absolute Gasteiger partial charge is 0.265 e. The second-order valence-electron chi connectivity index (χ2n) is 4.97. The molecule has 1 amide bonds. The Balaban J connectivity index is 2.11. The van der Waals surface area contributed by atoms with Crippen molar-refractivity contribution in [2.45, 2.75) is 32.2 Å². The zero-order valence-corrected chi connectivity index (χ0v) is 11.0. The molecule has 0 unspecified atom stereocenters. The lowest BCUT2D eigenvalue weighted by Crippen LogP contribution is -2.30. The van der Waals surface area contributed by atoms with E-state index >= 15 is 0 Å². The van der Waals surface area contributed by atoms with Crippen molar-refractivity contribution in [2.75, 3.05) is 13.1 Å². The minimum atomic E-state index is -0.392. The van der Waals surface area contributed by atoms with E-state index in [0.29, 0.717) is 17.7 Å². The van der Waals surface area contributed by atoms with E-state index in [0.717, 1.165) is 25.9 Å². The minimum absolute atomic E-state index is 0.266. The highest BCUT2D eigenvalue weighted by Crippen LogP contribution is 2.16. The molecular weight excluding hydrogens is 245 g/mol. The number of likely N-dealkylation sites (tertiary alicyclic amines) is 1. The Morgan fingerprint density at radius 1 is 1.26 bits per heavy atom. The van der Waals surface area contributed by atoms with Gasteiger partial charge in [-0.05, 0) is 44.1 Å². The summed E-state index contributed by atoms with van der Waals surface area (Å²) in [6, 6.07) is 4.36. The van der Waals surface area contributed by atoms with E-state index in [1.807, 2.05) is 0 Å².